The Labute approximate surface area is 82.3 Å². The van der Waals surface area contributed by atoms with Gasteiger partial charge in [-0.2, -0.15) is 0 Å². The molecule has 0 atom stereocenters. The molecule has 0 aliphatic carbocycles. The largest absolute Gasteiger partial charge is 0.290 e. The maximum atomic E-state index is 4.29. The predicted octanol–water partition coefficient (Wildman–Crippen LogP) is 3.62. The summed E-state index contributed by atoms with van der Waals surface area (Å²) < 4.78 is 0. The van der Waals surface area contributed by atoms with Gasteiger partial charge in [-0.3, -0.25) is 4.99 Å². The molecule has 0 aliphatic heterocycles. The van der Waals surface area contributed by atoms with Crippen molar-refractivity contribution in [2.45, 2.75) is 40.7 Å². The molecular weight excluding hydrogens is 158 g/mol. The van der Waals surface area contributed by atoms with E-state index >= 15 is 0 Å². The molecule has 0 saturated carbocycles. The minimum absolute atomic E-state index is 0.385. The highest BCUT2D eigenvalue weighted by Crippen LogP contribution is 2.09. The Morgan fingerprint density at radius 2 is 1.77 bits per heavy atom. The quantitative estimate of drug-likeness (QED) is 0.461. The first-order chi connectivity index (χ1) is 6.07. The normalized spacial score (nSPS) is 14.2. The maximum Gasteiger partial charge on any atom is 0.0443 e. The molecule has 1 nitrogen and oxygen atoms in total. The van der Waals surface area contributed by atoms with Gasteiger partial charge in [-0.25, -0.2) is 0 Å². The van der Waals surface area contributed by atoms with Crippen molar-refractivity contribution in [3.63, 3.8) is 0 Å². The van der Waals surface area contributed by atoms with Gasteiger partial charge in [0.05, 0.1) is 0 Å². The highest BCUT2D eigenvalue weighted by atomic mass is 14.7. The third kappa shape index (κ3) is 6.32. The molecular formula is C12H21N. The van der Waals surface area contributed by atoms with Gasteiger partial charge in [0.2, 0.25) is 0 Å². The molecule has 13 heavy (non-hydrogen) atoms. The molecule has 0 unspecified atom stereocenters. The number of rotatable bonds is 4. The van der Waals surface area contributed by atoms with Crippen molar-refractivity contribution in [2.75, 3.05) is 0 Å². The molecule has 0 aromatic carbocycles. The molecule has 0 amide bonds. The van der Waals surface area contributed by atoms with Crippen LogP contribution in [-0.4, -0.2) is 12.3 Å². The first-order valence-electron chi connectivity index (χ1n) is 4.94. The summed E-state index contributed by atoms with van der Waals surface area (Å²) in [5, 5.41) is 0. The second-order valence-corrected chi connectivity index (χ2v) is 3.71. The van der Waals surface area contributed by atoms with Crippen molar-refractivity contribution in [3.8, 4) is 0 Å². The lowest BCUT2D eigenvalue weighted by atomic mass is 10.0. The van der Waals surface area contributed by atoms with E-state index in [2.05, 4.69) is 50.9 Å². The van der Waals surface area contributed by atoms with Gasteiger partial charge >= 0.3 is 0 Å². The van der Waals surface area contributed by atoms with Crippen LogP contribution in [0, 0.1) is 5.92 Å². The standard InChI is InChI=1S/C12H21N/c1-6-7-12(10(2)3)8-9-13-11(4)5/h6-11H,1-5H3/b7-6-,12-8+,13-9+. The highest BCUT2D eigenvalue weighted by molar-refractivity contribution is 5.73. The number of hydrogen-bond acceptors (Lipinski definition) is 1. The van der Waals surface area contributed by atoms with Crippen LogP contribution in [0.4, 0.5) is 0 Å². The SMILES string of the molecule is C\C=C/C(=C\C=N\C(C)C)C(C)C. The van der Waals surface area contributed by atoms with E-state index in [-0.39, 0.29) is 0 Å². The number of aliphatic imine (C=N–C) groups is 1. The molecule has 0 aromatic rings. The van der Waals surface area contributed by atoms with Crippen molar-refractivity contribution in [3.05, 3.63) is 23.8 Å². The van der Waals surface area contributed by atoms with Gasteiger partial charge in [0.1, 0.15) is 0 Å². The molecule has 0 saturated heterocycles. The Morgan fingerprint density at radius 3 is 2.15 bits per heavy atom. The average molecular weight is 179 g/mol. The molecule has 0 rings (SSSR count). The van der Waals surface area contributed by atoms with Gasteiger partial charge in [-0.05, 0) is 38.3 Å². The molecule has 74 valence electrons. The zero-order chi connectivity index (χ0) is 10.3. The van der Waals surface area contributed by atoms with E-state index in [4.69, 9.17) is 0 Å². The molecule has 0 aliphatic rings. The van der Waals surface area contributed by atoms with Crippen LogP contribution in [0.2, 0.25) is 0 Å². The lowest BCUT2D eigenvalue weighted by Crippen LogP contribution is -1.92. The van der Waals surface area contributed by atoms with Crippen LogP contribution >= 0.6 is 0 Å². The van der Waals surface area contributed by atoms with Crippen molar-refractivity contribution < 1.29 is 0 Å². The first-order valence-corrected chi connectivity index (χ1v) is 4.94. The second kappa shape index (κ2) is 6.64. The van der Waals surface area contributed by atoms with E-state index in [1.54, 1.807) is 0 Å². The van der Waals surface area contributed by atoms with Crippen molar-refractivity contribution in [2.24, 2.45) is 10.9 Å². The molecule has 0 N–H and O–H groups in total. The van der Waals surface area contributed by atoms with Gasteiger partial charge in [-0.1, -0.05) is 26.0 Å². The monoisotopic (exact) mass is 179 g/mol. The minimum Gasteiger partial charge on any atom is -0.290 e. The molecule has 0 heterocycles. The van der Waals surface area contributed by atoms with Crippen LogP contribution in [0.3, 0.4) is 0 Å². The van der Waals surface area contributed by atoms with E-state index in [9.17, 15) is 0 Å². The fraction of sp³-hybridized carbons (Fsp3) is 0.583. The topological polar surface area (TPSA) is 12.4 Å². The van der Waals surface area contributed by atoms with Crippen molar-refractivity contribution >= 4 is 6.21 Å². The Balaban J connectivity index is 4.36. The Bertz CT molecular complexity index is 207. The predicted molar refractivity (Wildman–Crippen MR) is 61.4 cm³/mol. The zero-order valence-corrected chi connectivity index (χ0v) is 9.41. The summed E-state index contributed by atoms with van der Waals surface area (Å²) in [5.41, 5.74) is 1.33. The van der Waals surface area contributed by atoms with E-state index < -0.39 is 0 Å². The summed E-state index contributed by atoms with van der Waals surface area (Å²) in [6.45, 7) is 10.6. The molecule has 0 aromatic heterocycles. The Morgan fingerprint density at radius 1 is 1.15 bits per heavy atom. The van der Waals surface area contributed by atoms with Gasteiger partial charge in [-0.15, -0.1) is 0 Å². The molecule has 0 spiro atoms. The summed E-state index contributed by atoms with van der Waals surface area (Å²) >= 11 is 0. The van der Waals surface area contributed by atoms with Gasteiger partial charge < -0.3 is 0 Å². The summed E-state index contributed by atoms with van der Waals surface area (Å²) in [6.07, 6.45) is 8.19. The minimum atomic E-state index is 0.385. The first kappa shape index (κ1) is 12.2. The van der Waals surface area contributed by atoms with Gasteiger partial charge in [0.15, 0.2) is 0 Å². The van der Waals surface area contributed by atoms with Gasteiger partial charge in [0, 0.05) is 12.3 Å². The zero-order valence-electron chi connectivity index (χ0n) is 9.41. The highest BCUT2D eigenvalue weighted by Gasteiger charge is 1.96. The summed E-state index contributed by atoms with van der Waals surface area (Å²) in [5.74, 6) is 0.565. The fourth-order valence-electron chi connectivity index (χ4n) is 0.934. The van der Waals surface area contributed by atoms with Crippen molar-refractivity contribution in [1.29, 1.82) is 0 Å². The number of hydrogen-bond donors (Lipinski definition) is 0. The van der Waals surface area contributed by atoms with Gasteiger partial charge in [0.25, 0.3) is 0 Å². The molecule has 0 radical (unpaired) electrons. The maximum absolute atomic E-state index is 4.29. The van der Waals surface area contributed by atoms with Crippen LogP contribution in [0.25, 0.3) is 0 Å². The summed E-state index contributed by atoms with van der Waals surface area (Å²) in [4.78, 5) is 4.29. The van der Waals surface area contributed by atoms with Crippen LogP contribution in [0.15, 0.2) is 28.8 Å². The molecule has 0 fully saturated rings. The lowest BCUT2D eigenvalue weighted by Gasteiger charge is -2.04. The molecule has 1 heteroatoms. The van der Waals surface area contributed by atoms with Crippen LogP contribution < -0.4 is 0 Å². The van der Waals surface area contributed by atoms with Crippen LogP contribution in [0.5, 0.6) is 0 Å². The van der Waals surface area contributed by atoms with E-state index in [0.717, 1.165) is 0 Å². The number of allylic oxidation sites excluding steroid dienone is 4. The second-order valence-electron chi connectivity index (χ2n) is 3.71. The lowest BCUT2D eigenvalue weighted by molar-refractivity contribution is 0.792. The smallest absolute Gasteiger partial charge is 0.0443 e. The van der Waals surface area contributed by atoms with Crippen molar-refractivity contribution in [1.82, 2.24) is 0 Å². The summed E-state index contributed by atoms with van der Waals surface area (Å²) in [7, 11) is 0. The molecule has 0 bridgehead atoms. The van der Waals surface area contributed by atoms with Crippen LogP contribution in [-0.2, 0) is 0 Å². The number of nitrogens with zero attached hydrogens (tertiary/aromatic N) is 1. The Kier molecular flexibility index (Phi) is 6.21. The van der Waals surface area contributed by atoms with E-state index in [1.807, 2.05) is 13.1 Å². The Hall–Kier alpha value is -0.850. The fourth-order valence-corrected chi connectivity index (χ4v) is 0.934. The average Bonchev–Trinajstić information content (AvgIpc) is 2.02. The third-order valence-electron chi connectivity index (χ3n) is 1.68. The van der Waals surface area contributed by atoms with E-state index in [1.165, 1.54) is 5.57 Å². The third-order valence-corrected chi connectivity index (χ3v) is 1.68. The van der Waals surface area contributed by atoms with Crippen LogP contribution in [0.1, 0.15) is 34.6 Å². The summed E-state index contributed by atoms with van der Waals surface area (Å²) in [6, 6.07) is 0.385. The van der Waals surface area contributed by atoms with E-state index in [0.29, 0.717) is 12.0 Å².